The molecule has 0 aliphatic carbocycles. The third-order valence-electron chi connectivity index (χ3n) is 3.14. The summed E-state index contributed by atoms with van der Waals surface area (Å²) in [4.78, 5) is 0. The predicted molar refractivity (Wildman–Crippen MR) is 64.2 cm³/mol. The molecule has 3 N–H and O–H groups in total. The van der Waals surface area contributed by atoms with E-state index in [0.29, 0.717) is 6.42 Å². The molecule has 0 saturated carbocycles. The number of aliphatic hydroxyl groups is 1. The van der Waals surface area contributed by atoms with Crippen molar-refractivity contribution in [2.75, 3.05) is 6.61 Å². The second-order valence-electron chi connectivity index (χ2n) is 4.19. The highest BCUT2D eigenvalue weighted by Crippen LogP contribution is 2.30. The molecule has 3 heteroatoms. The standard InChI is InChI=1S/C12H18ClNO/c1-9(14)12(2,7-8-15)10-3-5-11(13)6-4-10/h3-6,9,15H,7-8,14H2,1-2H3. The molecule has 0 radical (unpaired) electrons. The Labute approximate surface area is 96.1 Å². The van der Waals surface area contributed by atoms with E-state index in [1.807, 2.05) is 31.2 Å². The molecule has 1 aromatic rings. The molecule has 0 bridgehead atoms. The predicted octanol–water partition coefficient (Wildman–Crippen LogP) is 2.33. The van der Waals surface area contributed by atoms with Gasteiger partial charge in [0.15, 0.2) is 0 Å². The summed E-state index contributed by atoms with van der Waals surface area (Å²) in [5.41, 5.74) is 6.91. The number of benzene rings is 1. The molecule has 15 heavy (non-hydrogen) atoms. The second-order valence-corrected chi connectivity index (χ2v) is 4.62. The molecule has 0 aliphatic rings. The van der Waals surface area contributed by atoms with E-state index in [1.54, 1.807) is 0 Å². The lowest BCUT2D eigenvalue weighted by atomic mass is 9.74. The molecule has 84 valence electrons. The summed E-state index contributed by atoms with van der Waals surface area (Å²) in [5.74, 6) is 0. The van der Waals surface area contributed by atoms with Crippen molar-refractivity contribution < 1.29 is 5.11 Å². The molecule has 0 fully saturated rings. The van der Waals surface area contributed by atoms with Crippen LogP contribution < -0.4 is 5.73 Å². The van der Waals surface area contributed by atoms with Crippen molar-refractivity contribution in [3.05, 3.63) is 34.9 Å². The van der Waals surface area contributed by atoms with Gasteiger partial charge in [0, 0.05) is 23.1 Å². The topological polar surface area (TPSA) is 46.2 Å². The normalized spacial score (nSPS) is 17.1. The Kier molecular flexibility index (Phi) is 4.14. The van der Waals surface area contributed by atoms with Gasteiger partial charge in [0.2, 0.25) is 0 Å². The molecule has 2 nitrogen and oxygen atoms in total. The number of halogens is 1. The average Bonchev–Trinajstić information content (AvgIpc) is 2.18. The van der Waals surface area contributed by atoms with Crippen LogP contribution in [0.25, 0.3) is 0 Å². The van der Waals surface area contributed by atoms with Gasteiger partial charge < -0.3 is 10.8 Å². The summed E-state index contributed by atoms with van der Waals surface area (Å²) in [6, 6.07) is 7.65. The number of hydrogen-bond donors (Lipinski definition) is 2. The van der Waals surface area contributed by atoms with Crippen molar-refractivity contribution >= 4 is 11.6 Å². The van der Waals surface area contributed by atoms with Crippen LogP contribution in [-0.4, -0.2) is 17.8 Å². The first-order valence-electron chi connectivity index (χ1n) is 5.13. The van der Waals surface area contributed by atoms with Gasteiger partial charge in [-0.3, -0.25) is 0 Å². The first-order valence-corrected chi connectivity index (χ1v) is 5.51. The molecule has 0 spiro atoms. The first-order chi connectivity index (χ1) is 7.00. The van der Waals surface area contributed by atoms with E-state index in [1.165, 1.54) is 0 Å². The molecule has 0 heterocycles. The third-order valence-corrected chi connectivity index (χ3v) is 3.39. The minimum Gasteiger partial charge on any atom is -0.396 e. The largest absolute Gasteiger partial charge is 0.396 e. The number of rotatable bonds is 4. The van der Waals surface area contributed by atoms with Gasteiger partial charge in [-0.15, -0.1) is 0 Å². The summed E-state index contributed by atoms with van der Waals surface area (Å²) in [7, 11) is 0. The van der Waals surface area contributed by atoms with E-state index >= 15 is 0 Å². The van der Waals surface area contributed by atoms with Gasteiger partial charge in [-0.25, -0.2) is 0 Å². The highest BCUT2D eigenvalue weighted by Gasteiger charge is 2.30. The lowest BCUT2D eigenvalue weighted by Crippen LogP contribution is -2.41. The minimum absolute atomic E-state index is 0.00849. The van der Waals surface area contributed by atoms with Crippen LogP contribution in [0.2, 0.25) is 5.02 Å². The van der Waals surface area contributed by atoms with Gasteiger partial charge in [0.1, 0.15) is 0 Å². The molecular weight excluding hydrogens is 210 g/mol. The van der Waals surface area contributed by atoms with Crippen LogP contribution >= 0.6 is 11.6 Å². The van der Waals surface area contributed by atoms with Crippen LogP contribution in [0.15, 0.2) is 24.3 Å². The van der Waals surface area contributed by atoms with Crippen LogP contribution in [0, 0.1) is 0 Å². The van der Waals surface area contributed by atoms with Crippen molar-refractivity contribution in [3.63, 3.8) is 0 Å². The fraction of sp³-hybridized carbons (Fsp3) is 0.500. The molecule has 2 unspecified atom stereocenters. The zero-order chi connectivity index (χ0) is 11.5. The fourth-order valence-electron chi connectivity index (χ4n) is 1.70. The van der Waals surface area contributed by atoms with E-state index in [-0.39, 0.29) is 18.1 Å². The number of aliphatic hydroxyl groups excluding tert-OH is 1. The van der Waals surface area contributed by atoms with Gasteiger partial charge in [-0.1, -0.05) is 30.7 Å². The average molecular weight is 228 g/mol. The van der Waals surface area contributed by atoms with Crippen LogP contribution in [0.3, 0.4) is 0 Å². The zero-order valence-electron chi connectivity index (χ0n) is 9.20. The summed E-state index contributed by atoms with van der Waals surface area (Å²) in [5, 5.41) is 9.80. The fourth-order valence-corrected chi connectivity index (χ4v) is 1.82. The molecule has 0 amide bonds. The monoisotopic (exact) mass is 227 g/mol. The third kappa shape index (κ3) is 2.71. The maximum Gasteiger partial charge on any atom is 0.0440 e. The first kappa shape index (κ1) is 12.5. The lowest BCUT2D eigenvalue weighted by Gasteiger charge is -2.33. The Morgan fingerprint density at radius 2 is 1.93 bits per heavy atom. The molecule has 1 rings (SSSR count). The lowest BCUT2D eigenvalue weighted by molar-refractivity contribution is 0.229. The van der Waals surface area contributed by atoms with Crippen LogP contribution in [0.4, 0.5) is 0 Å². The van der Waals surface area contributed by atoms with Gasteiger partial charge in [0.05, 0.1) is 0 Å². The number of nitrogens with two attached hydrogens (primary N) is 1. The van der Waals surface area contributed by atoms with Crippen LogP contribution in [-0.2, 0) is 5.41 Å². The van der Waals surface area contributed by atoms with Crippen molar-refractivity contribution in [2.24, 2.45) is 5.73 Å². The van der Waals surface area contributed by atoms with E-state index in [9.17, 15) is 0 Å². The molecular formula is C12H18ClNO. The molecule has 2 atom stereocenters. The van der Waals surface area contributed by atoms with E-state index in [2.05, 4.69) is 6.92 Å². The van der Waals surface area contributed by atoms with Crippen LogP contribution in [0.5, 0.6) is 0 Å². The second kappa shape index (κ2) is 4.97. The summed E-state index contributed by atoms with van der Waals surface area (Å²) in [6.45, 7) is 4.17. The summed E-state index contributed by atoms with van der Waals surface area (Å²) < 4.78 is 0. The van der Waals surface area contributed by atoms with Gasteiger partial charge in [-0.2, -0.15) is 0 Å². The van der Waals surface area contributed by atoms with E-state index in [0.717, 1.165) is 10.6 Å². The molecule has 0 aliphatic heterocycles. The van der Waals surface area contributed by atoms with Crippen molar-refractivity contribution in [1.82, 2.24) is 0 Å². The Bertz CT molecular complexity index is 310. The van der Waals surface area contributed by atoms with Crippen molar-refractivity contribution in [1.29, 1.82) is 0 Å². The Hall–Kier alpha value is -0.570. The SMILES string of the molecule is CC(N)C(C)(CCO)c1ccc(Cl)cc1. The van der Waals surface area contributed by atoms with Crippen molar-refractivity contribution in [2.45, 2.75) is 31.7 Å². The van der Waals surface area contributed by atoms with Gasteiger partial charge >= 0.3 is 0 Å². The summed E-state index contributed by atoms with van der Waals surface area (Å²) >= 11 is 5.84. The highest BCUT2D eigenvalue weighted by molar-refractivity contribution is 6.30. The molecule has 0 saturated heterocycles. The van der Waals surface area contributed by atoms with Crippen LogP contribution in [0.1, 0.15) is 25.8 Å². The minimum atomic E-state index is -0.195. The maximum absolute atomic E-state index is 9.09. The zero-order valence-corrected chi connectivity index (χ0v) is 9.96. The van der Waals surface area contributed by atoms with Crippen molar-refractivity contribution in [3.8, 4) is 0 Å². The highest BCUT2D eigenvalue weighted by atomic mass is 35.5. The molecule has 0 aromatic heterocycles. The van der Waals surface area contributed by atoms with E-state index < -0.39 is 0 Å². The van der Waals surface area contributed by atoms with Gasteiger partial charge in [-0.05, 0) is 31.0 Å². The Morgan fingerprint density at radius 1 is 1.40 bits per heavy atom. The van der Waals surface area contributed by atoms with Gasteiger partial charge in [0.25, 0.3) is 0 Å². The number of hydrogen-bond acceptors (Lipinski definition) is 2. The Balaban J connectivity index is 3.04. The molecule has 1 aromatic carbocycles. The maximum atomic E-state index is 9.09. The summed E-state index contributed by atoms with van der Waals surface area (Å²) in [6.07, 6.45) is 0.659. The quantitative estimate of drug-likeness (QED) is 0.830. The smallest absolute Gasteiger partial charge is 0.0440 e. The Morgan fingerprint density at radius 3 is 2.33 bits per heavy atom. The van der Waals surface area contributed by atoms with E-state index in [4.69, 9.17) is 22.4 Å².